The summed E-state index contributed by atoms with van der Waals surface area (Å²) in [6.07, 6.45) is 0. The number of rotatable bonds is 6. The van der Waals surface area contributed by atoms with Gasteiger partial charge >= 0.3 is 0 Å². The maximum absolute atomic E-state index is 2.45. The highest BCUT2D eigenvalue weighted by atomic mass is 15.1. The van der Waals surface area contributed by atoms with Crippen LogP contribution in [0.25, 0.3) is 32.3 Å². The Morgan fingerprint density at radius 1 is 0.259 bits per heavy atom. The number of anilines is 6. The summed E-state index contributed by atoms with van der Waals surface area (Å²) in [5.74, 6) is 0. The monoisotopic (exact) mass is 760 g/mol. The summed E-state index contributed by atoms with van der Waals surface area (Å²) in [5.41, 5.74) is 12.5. The second-order valence-electron chi connectivity index (χ2n) is 20.5. The zero-order valence-corrected chi connectivity index (χ0v) is 36.8. The maximum Gasteiger partial charge on any atom is 0.0540 e. The molecule has 0 atom stereocenters. The van der Waals surface area contributed by atoms with E-state index in [9.17, 15) is 0 Å². The molecule has 0 unspecified atom stereocenters. The van der Waals surface area contributed by atoms with Gasteiger partial charge in [0.25, 0.3) is 0 Å². The fourth-order valence-corrected chi connectivity index (χ4v) is 8.46. The van der Waals surface area contributed by atoms with Crippen LogP contribution >= 0.6 is 0 Å². The van der Waals surface area contributed by atoms with Crippen LogP contribution in [0.1, 0.15) is 105 Å². The molecule has 0 heterocycles. The molecular formula is C56H60N2. The first-order chi connectivity index (χ1) is 27.3. The molecule has 8 aromatic carbocycles. The predicted octanol–water partition coefficient (Wildman–Crippen LogP) is 16.7. The first kappa shape index (κ1) is 39.2. The van der Waals surface area contributed by atoms with Crippen molar-refractivity contribution in [1.29, 1.82) is 0 Å². The van der Waals surface area contributed by atoms with E-state index in [0.29, 0.717) is 0 Å². The van der Waals surface area contributed by atoms with E-state index in [1.807, 2.05) is 0 Å². The third kappa shape index (κ3) is 7.23. The number of hydrogen-bond donors (Lipinski definition) is 0. The van der Waals surface area contributed by atoms with Crippen molar-refractivity contribution in [2.24, 2.45) is 0 Å². The van der Waals surface area contributed by atoms with E-state index >= 15 is 0 Å². The highest BCUT2D eigenvalue weighted by molar-refractivity contribution is 6.28. The van der Waals surface area contributed by atoms with Gasteiger partial charge in [-0.2, -0.15) is 0 Å². The second kappa shape index (κ2) is 14.0. The smallest absolute Gasteiger partial charge is 0.0540 e. The largest absolute Gasteiger partial charge is 0.310 e. The van der Waals surface area contributed by atoms with E-state index in [1.54, 1.807) is 0 Å². The Hall–Kier alpha value is -5.60. The summed E-state index contributed by atoms with van der Waals surface area (Å²) < 4.78 is 0. The van der Waals surface area contributed by atoms with Gasteiger partial charge in [-0.3, -0.25) is 0 Å². The van der Waals surface area contributed by atoms with Gasteiger partial charge in [0.05, 0.1) is 11.4 Å². The Balaban J connectivity index is 1.35. The van der Waals surface area contributed by atoms with E-state index in [1.165, 1.54) is 65.9 Å². The Bertz CT molecular complexity index is 2400. The number of benzene rings is 8. The summed E-state index contributed by atoms with van der Waals surface area (Å²) in [6.45, 7) is 27.4. The highest BCUT2D eigenvalue weighted by Gasteiger charge is 2.24. The van der Waals surface area contributed by atoms with E-state index in [-0.39, 0.29) is 21.7 Å². The van der Waals surface area contributed by atoms with Crippen LogP contribution in [-0.2, 0) is 21.7 Å². The average molecular weight is 761 g/mol. The molecule has 0 saturated heterocycles. The van der Waals surface area contributed by atoms with Gasteiger partial charge in [0.1, 0.15) is 0 Å². The van der Waals surface area contributed by atoms with Crippen LogP contribution in [0.2, 0.25) is 0 Å². The fourth-order valence-electron chi connectivity index (χ4n) is 8.46. The zero-order valence-electron chi connectivity index (χ0n) is 36.8. The molecular weight excluding hydrogens is 701 g/mol. The van der Waals surface area contributed by atoms with Gasteiger partial charge in [-0.05, 0) is 126 Å². The van der Waals surface area contributed by atoms with E-state index in [0.717, 1.165) is 22.7 Å². The molecule has 0 spiro atoms. The summed E-state index contributed by atoms with van der Waals surface area (Å²) in [7, 11) is 0. The lowest BCUT2D eigenvalue weighted by atomic mass is 9.86. The molecule has 0 N–H and O–H groups in total. The Kier molecular flexibility index (Phi) is 9.50. The normalized spacial score (nSPS) is 12.8. The SMILES string of the molecule is CC(C)(C)c1ccc(N(c2ccc(C(C)(C)C)cc2)c2ccc3ccc4ccc(N(c5ccc(C(C)(C)C)cc5)c5ccc(C(C)(C)C)cc5)c5ccc2c3c45)cc1. The Labute approximate surface area is 347 Å². The van der Waals surface area contributed by atoms with Gasteiger partial charge in [0.2, 0.25) is 0 Å². The quantitative estimate of drug-likeness (QED) is 0.156. The maximum atomic E-state index is 2.45. The van der Waals surface area contributed by atoms with Crippen molar-refractivity contribution in [2.45, 2.75) is 105 Å². The molecule has 0 radical (unpaired) electrons. The van der Waals surface area contributed by atoms with Crippen molar-refractivity contribution in [3.8, 4) is 0 Å². The van der Waals surface area contributed by atoms with Gasteiger partial charge in [0.15, 0.2) is 0 Å². The topological polar surface area (TPSA) is 6.48 Å². The number of hydrogen-bond acceptors (Lipinski definition) is 2. The molecule has 58 heavy (non-hydrogen) atoms. The second-order valence-corrected chi connectivity index (χ2v) is 20.5. The summed E-state index contributed by atoms with van der Waals surface area (Å²) in [5, 5.41) is 7.56. The van der Waals surface area contributed by atoms with Gasteiger partial charge < -0.3 is 9.80 Å². The first-order valence-corrected chi connectivity index (χ1v) is 21.0. The minimum atomic E-state index is 0.0690. The van der Waals surface area contributed by atoms with Gasteiger partial charge in [0, 0.05) is 33.5 Å². The molecule has 0 bridgehead atoms. The van der Waals surface area contributed by atoms with E-state index < -0.39 is 0 Å². The molecule has 8 aromatic rings. The molecule has 294 valence electrons. The van der Waals surface area contributed by atoms with Crippen LogP contribution in [0.15, 0.2) is 146 Å². The van der Waals surface area contributed by atoms with Crippen LogP contribution < -0.4 is 9.80 Å². The van der Waals surface area contributed by atoms with Gasteiger partial charge in [-0.1, -0.05) is 168 Å². The summed E-state index contributed by atoms with van der Waals surface area (Å²) >= 11 is 0. The average Bonchev–Trinajstić information content (AvgIpc) is 3.17. The molecule has 2 heteroatoms. The predicted molar refractivity (Wildman–Crippen MR) is 254 cm³/mol. The Morgan fingerprint density at radius 3 is 0.707 bits per heavy atom. The van der Waals surface area contributed by atoms with Crippen LogP contribution in [0, 0.1) is 0 Å². The van der Waals surface area contributed by atoms with Crippen molar-refractivity contribution in [1.82, 2.24) is 0 Å². The van der Waals surface area contributed by atoms with Crippen molar-refractivity contribution in [3.05, 3.63) is 168 Å². The van der Waals surface area contributed by atoms with Crippen molar-refractivity contribution >= 4 is 66.4 Å². The van der Waals surface area contributed by atoms with Crippen LogP contribution in [0.4, 0.5) is 34.1 Å². The van der Waals surface area contributed by atoms with Crippen molar-refractivity contribution in [2.75, 3.05) is 9.80 Å². The molecule has 0 saturated carbocycles. The van der Waals surface area contributed by atoms with Gasteiger partial charge in [-0.15, -0.1) is 0 Å². The lowest BCUT2D eigenvalue weighted by molar-refractivity contribution is 0.590. The van der Waals surface area contributed by atoms with E-state index in [2.05, 4.69) is 238 Å². The lowest BCUT2D eigenvalue weighted by Gasteiger charge is -2.31. The molecule has 2 nitrogen and oxygen atoms in total. The molecule has 0 aliphatic heterocycles. The first-order valence-electron chi connectivity index (χ1n) is 21.0. The van der Waals surface area contributed by atoms with Crippen LogP contribution in [0.5, 0.6) is 0 Å². The standard InChI is InChI=1S/C56H60N2/c1-53(2,3)39-17-25-43(26-18-39)57(44-27-19-40(20-28-44)54(4,5)6)49-35-15-37-13-14-38-16-36-50(48-34-33-47(49)51(37)52(38)48)58(45-29-21-41(22-30-45)55(7,8)9)46-31-23-42(24-32-46)56(10,11)12/h13-36H,1-12H3. The third-order valence-corrected chi connectivity index (χ3v) is 12.1. The van der Waals surface area contributed by atoms with Gasteiger partial charge in [-0.25, -0.2) is 0 Å². The third-order valence-electron chi connectivity index (χ3n) is 12.1. The summed E-state index contributed by atoms with van der Waals surface area (Å²) in [4.78, 5) is 4.90. The van der Waals surface area contributed by atoms with Crippen molar-refractivity contribution in [3.63, 3.8) is 0 Å². The molecule has 0 aliphatic rings. The Morgan fingerprint density at radius 2 is 0.483 bits per heavy atom. The minimum absolute atomic E-state index is 0.0690. The minimum Gasteiger partial charge on any atom is -0.310 e. The van der Waals surface area contributed by atoms with Crippen LogP contribution in [0.3, 0.4) is 0 Å². The molecule has 0 fully saturated rings. The zero-order chi connectivity index (χ0) is 41.4. The molecule has 0 aromatic heterocycles. The lowest BCUT2D eigenvalue weighted by Crippen LogP contribution is -2.15. The van der Waals surface area contributed by atoms with E-state index in [4.69, 9.17) is 0 Å². The summed E-state index contributed by atoms with van der Waals surface area (Å²) in [6, 6.07) is 55.3. The van der Waals surface area contributed by atoms with Crippen LogP contribution in [-0.4, -0.2) is 0 Å². The van der Waals surface area contributed by atoms with Crippen molar-refractivity contribution < 1.29 is 0 Å². The highest BCUT2D eigenvalue weighted by Crippen LogP contribution is 2.48. The molecule has 0 aliphatic carbocycles. The molecule has 0 amide bonds. The number of nitrogens with zero attached hydrogens (tertiary/aromatic N) is 2. The molecule has 8 rings (SSSR count). The fraction of sp³-hybridized carbons (Fsp3) is 0.286.